The van der Waals surface area contributed by atoms with Gasteiger partial charge >= 0.3 is 0 Å². The molecular weight excluding hydrogens is 472 g/mol. The summed E-state index contributed by atoms with van der Waals surface area (Å²) in [5.74, 6) is 1.36. The molecule has 2 saturated heterocycles. The summed E-state index contributed by atoms with van der Waals surface area (Å²) in [7, 11) is 1.63. The Morgan fingerprint density at radius 1 is 0.838 bits per heavy atom. The topological polar surface area (TPSA) is 64.6 Å². The molecule has 0 spiro atoms. The van der Waals surface area contributed by atoms with Crippen LogP contribution in [0.2, 0.25) is 0 Å². The smallest absolute Gasteiger partial charge is 0.229 e. The number of rotatable bonds is 10. The molecule has 0 aliphatic carbocycles. The average molecular weight is 505 g/mol. The van der Waals surface area contributed by atoms with E-state index in [1.807, 2.05) is 84.9 Å². The molecule has 0 amide bonds. The van der Waals surface area contributed by atoms with Gasteiger partial charge in [-0.05, 0) is 29.8 Å². The van der Waals surface area contributed by atoms with Gasteiger partial charge in [-0.15, -0.1) is 6.58 Å². The first-order valence-corrected chi connectivity index (χ1v) is 12.4. The van der Waals surface area contributed by atoms with E-state index in [-0.39, 0.29) is 0 Å². The summed E-state index contributed by atoms with van der Waals surface area (Å²) in [6, 6.07) is 27.2. The van der Waals surface area contributed by atoms with Crippen molar-refractivity contribution >= 4 is 0 Å². The van der Waals surface area contributed by atoms with E-state index in [0.717, 1.165) is 16.9 Å². The summed E-state index contributed by atoms with van der Waals surface area (Å²) >= 11 is 0. The summed E-state index contributed by atoms with van der Waals surface area (Å²) in [5.41, 5.74) is 1.96. The zero-order valence-electron chi connectivity index (χ0n) is 20.8. The third-order valence-electron chi connectivity index (χ3n) is 6.36. The number of methoxy groups -OCH3 is 1. The van der Waals surface area contributed by atoms with Gasteiger partial charge in [0, 0.05) is 5.56 Å². The lowest BCUT2D eigenvalue weighted by Gasteiger charge is -2.48. The highest BCUT2D eigenvalue weighted by Gasteiger charge is 2.52. The monoisotopic (exact) mass is 504 g/mol. The molecule has 2 heterocycles. The lowest BCUT2D eigenvalue weighted by Crippen LogP contribution is -2.64. The Balaban J connectivity index is 1.41. The lowest BCUT2D eigenvalue weighted by molar-refractivity contribution is -0.359. The Morgan fingerprint density at radius 2 is 1.54 bits per heavy atom. The van der Waals surface area contributed by atoms with Crippen LogP contribution in [-0.2, 0) is 30.3 Å². The first kappa shape index (κ1) is 25.4. The van der Waals surface area contributed by atoms with Gasteiger partial charge in [0.15, 0.2) is 6.29 Å². The highest BCUT2D eigenvalue weighted by Crippen LogP contribution is 2.37. The molecule has 0 saturated carbocycles. The van der Waals surface area contributed by atoms with Crippen molar-refractivity contribution in [1.82, 2.24) is 0 Å². The van der Waals surface area contributed by atoms with Crippen LogP contribution in [0.5, 0.6) is 11.5 Å². The maximum Gasteiger partial charge on any atom is 0.229 e. The third kappa shape index (κ3) is 6.21. The number of ether oxygens (including phenoxy) is 7. The van der Waals surface area contributed by atoms with E-state index >= 15 is 0 Å². The second-order valence-corrected chi connectivity index (χ2v) is 8.86. The standard InChI is InChI=1S/C30H32O7/c1-3-18-32-27-26-25(20-34-29(37-26)22-12-8-5-9-13-22)36-30(35-24-16-14-23(31-2)15-17-24)28(27)33-19-21-10-6-4-7-11-21/h3-17,25-30H,1,18-20H2,2H3/t25-,26+,27+,28-,29+,30-/m1/s1. The van der Waals surface area contributed by atoms with Crippen molar-refractivity contribution in [1.29, 1.82) is 0 Å². The van der Waals surface area contributed by atoms with E-state index in [1.54, 1.807) is 13.2 Å². The molecule has 6 atom stereocenters. The Bertz CT molecular complexity index is 1110. The maximum absolute atomic E-state index is 6.44. The second kappa shape index (κ2) is 12.4. The first-order chi connectivity index (χ1) is 18.2. The van der Waals surface area contributed by atoms with Crippen LogP contribution in [0.15, 0.2) is 97.6 Å². The van der Waals surface area contributed by atoms with Crippen LogP contribution in [-0.4, -0.2) is 51.0 Å². The molecule has 2 aliphatic rings. The summed E-state index contributed by atoms with van der Waals surface area (Å²) < 4.78 is 43.2. The van der Waals surface area contributed by atoms with E-state index in [1.165, 1.54) is 0 Å². The molecule has 0 aromatic heterocycles. The fraction of sp³-hybridized carbons (Fsp3) is 0.333. The summed E-state index contributed by atoms with van der Waals surface area (Å²) in [6.07, 6.45) is -1.49. The third-order valence-corrected chi connectivity index (χ3v) is 6.36. The summed E-state index contributed by atoms with van der Waals surface area (Å²) in [6.45, 7) is 4.84. The van der Waals surface area contributed by atoms with E-state index in [9.17, 15) is 0 Å². The van der Waals surface area contributed by atoms with Crippen molar-refractivity contribution in [2.75, 3.05) is 20.3 Å². The van der Waals surface area contributed by atoms with Crippen molar-refractivity contribution < 1.29 is 33.2 Å². The molecule has 0 N–H and O–H groups in total. The molecule has 0 radical (unpaired) electrons. The number of hydrogen-bond donors (Lipinski definition) is 0. The zero-order valence-corrected chi connectivity index (χ0v) is 20.8. The van der Waals surface area contributed by atoms with E-state index < -0.39 is 37.0 Å². The Labute approximate surface area is 217 Å². The largest absolute Gasteiger partial charge is 0.497 e. The molecule has 2 aliphatic heterocycles. The summed E-state index contributed by atoms with van der Waals surface area (Å²) in [5, 5.41) is 0. The van der Waals surface area contributed by atoms with Crippen LogP contribution >= 0.6 is 0 Å². The molecule has 3 aromatic rings. The van der Waals surface area contributed by atoms with Crippen molar-refractivity contribution in [3.63, 3.8) is 0 Å². The predicted octanol–water partition coefficient (Wildman–Crippen LogP) is 5.07. The number of fused-ring (bicyclic) bond motifs is 1. The molecule has 5 rings (SSSR count). The fourth-order valence-electron chi connectivity index (χ4n) is 4.52. The van der Waals surface area contributed by atoms with Gasteiger partial charge in [-0.3, -0.25) is 0 Å². The fourth-order valence-corrected chi connectivity index (χ4v) is 4.52. The lowest BCUT2D eigenvalue weighted by atomic mass is 9.97. The van der Waals surface area contributed by atoms with Crippen molar-refractivity contribution in [2.45, 2.75) is 43.6 Å². The van der Waals surface area contributed by atoms with Crippen LogP contribution in [0.25, 0.3) is 0 Å². The highest BCUT2D eigenvalue weighted by molar-refractivity contribution is 5.31. The molecule has 7 heteroatoms. The van der Waals surface area contributed by atoms with Gasteiger partial charge < -0.3 is 33.2 Å². The van der Waals surface area contributed by atoms with Crippen molar-refractivity contribution in [3.05, 3.63) is 109 Å². The number of benzene rings is 3. The van der Waals surface area contributed by atoms with E-state index in [4.69, 9.17) is 33.2 Å². The van der Waals surface area contributed by atoms with Gasteiger partial charge in [0.1, 0.15) is 35.9 Å². The van der Waals surface area contributed by atoms with Gasteiger partial charge in [0.25, 0.3) is 0 Å². The predicted molar refractivity (Wildman–Crippen MR) is 137 cm³/mol. The normalized spacial score (nSPS) is 27.2. The molecule has 0 unspecified atom stereocenters. The second-order valence-electron chi connectivity index (χ2n) is 8.86. The molecule has 0 bridgehead atoms. The average Bonchev–Trinajstić information content (AvgIpc) is 2.96. The van der Waals surface area contributed by atoms with Crippen LogP contribution in [0.3, 0.4) is 0 Å². The van der Waals surface area contributed by atoms with Gasteiger partial charge in [-0.25, -0.2) is 0 Å². The van der Waals surface area contributed by atoms with Gasteiger partial charge in [0.2, 0.25) is 6.29 Å². The Morgan fingerprint density at radius 3 is 2.24 bits per heavy atom. The van der Waals surface area contributed by atoms with Crippen LogP contribution in [0.4, 0.5) is 0 Å². The minimum Gasteiger partial charge on any atom is -0.497 e. The molecular formula is C30H32O7. The van der Waals surface area contributed by atoms with Crippen LogP contribution in [0.1, 0.15) is 17.4 Å². The quantitative estimate of drug-likeness (QED) is 0.357. The first-order valence-electron chi connectivity index (χ1n) is 12.4. The van der Waals surface area contributed by atoms with Gasteiger partial charge in [-0.1, -0.05) is 66.7 Å². The molecule has 3 aromatic carbocycles. The molecule has 37 heavy (non-hydrogen) atoms. The maximum atomic E-state index is 6.44. The van der Waals surface area contributed by atoms with Crippen molar-refractivity contribution in [3.8, 4) is 11.5 Å². The minimum atomic E-state index is -0.756. The van der Waals surface area contributed by atoms with Crippen molar-refractivity contribution in [2.24, 2.45) is 0 Å². The highest BCUT2D eigenvalue weighted by atomic mass is 16.8. The molecule has 2 fully saturated rings. The van der Waals surface area contributed by atoms with Crippen LogP contribution < -0.4 is 9.47 Å². The minimum absolute atomic E-state index is 0.325. The summed E-state index contributed by atoms with van der Waals surface area (Å²) in [4.78, 5) is 0. The Kier molecular flexibility index (Phi) is 8.50. The van der Waals surface area contributed by atoms with Gasteiger partial charge in [0.05, 0.1) is 26.9 Å². The molecule has 194 valence electrons. The van der Waals surface area contributed by atoms with Gasteiger partial charge in [-0.2, -0.15) is 0 Å². The Hall–Kier alpha value is -3.20. The van der Waals surface area contributed by atoms with E-state index in [2.05, 4.69) is 6.58 Å². The zero-order chi connectivity index (χ0) is 25.5. The number of hydrogen-bond acceptors (Lipinski definition) is 7. The SMILES string of the molecule is C=CCO[C@H]1[C@H]2O[C@@H](c3ccccc3)OC[C@H]2O[C@@H](Oc2ccc(OC)cc2)[C@@H]1OCc1ccccc1. The molecule has 7 nitrogen and oxygen atoms in total. The van der Waals surface area contributed by atoms with Crippen LogP contribution in [0, 0.1) is 0 Å². The van der Waals surface area contributed by atoms with E-state index in [0.29, 0.717) is 25.6 Å².